The molecule has 1 rings (SSSR count). The first-order chi connectivity index (χ1) is 9.43. The number of rotatable bonds is 7. The smallest absolute Gasteiger partial charge is 0.221 e. The minimum atomic E-state index is 0.0656. The van der Waals surface area contributed by atoms with Gasteiger partial charge >= 0.3 is 0 Å². The van der Waals surface area contributed by atoms with Crippen molar-refractivity contribution in [3.8, 4) is 0 Å². The van der Waals surface area contributed by atoms with E-state index >= 15 is 0 Å². The monoisotopic (exact) mass is 341 g/mol. The van der Waals surface area contributed by atoms with Gasteiger partial charge in [-0.3, -0.25) is 4.79 Å². The van der Waals surface area contributed by atoms with E-state index in [1.54, 1.807) is 7.05 Å². The summed E-state index contributed by atoms with van der Waals surface area (Å²) < 4.78 is 1.07. The van der Waals surface area contributed by atoms with Crippen molar-refractivity contribution in [3.05, 3.63) is 28.2 Å². The average molecular weight is 342 g/mol. The molecule has 1 amide bonds. The molecule has 0 saturated carbocycles. The van der Waals surface area contributed by atoms with Crippen molar-refractivity contribution in [3.63, 3.8) is 0 Å². The SMILES string of the molecule is CNC(=O)CCN(C)c1ccc(Br)cc1CNC(C)C. The summed E-state index contributed by atoms with van der Waals surface area (Å²) in [6.07, 6.45) is 0.500. The lowest BCUT2D eigenvalue weighted by molar-refractivity contribution is -0.120. The van der Waals surface area contributed by atoms with E-state index in [-0.39, 0.29) is 5.91 Å². The molecule has 0 fully saturated rings. The fourth-order valence-corrected chi connectivity index (χ4v) is 2.31. The zero-order valence-electron chi connectivity index (χ0n) is 12.7. The van der Waals surface area contributed by atoms with Crippen LogP contribution in [0.1, 0.15) is 25.8 Å². The Balaban J connectivity index is 2.78. The molecule has 4 nitrogen and oxygen atoms in total. The number of amides is 1. The van der Waals surface area contributed by atoms with Crippen molar-refractivity contribution < 1.29 is 4.79 Å². The van der Waals surface area contributed by atoms with E-state index in [1.165, 1.54) is 5.56 Å². The van der Waals surface area contributed by atoms with E-state index in [0.717, 1.165) is 16.7 Å². The predicted molar refractivity (Wildman–Crippen MR) is 88.1 cm³/mol. The van der Waals surface area contributed by atoms with Crippen LogP contribution in [0.15, 0.2) is 22.7 Å². The second-order valence-corrected chi connectivity index (χ2v) is 6.07. The lowest BCUT2D eigenvalue weighted by atomic mass is 10.1. The van der Waals surface area contributed by atoms with Crippen molar-refractivity contribution >= 4 is 27.5 Å². The number of benzene rings is 1. The Morgan fingerprint density at radius 2 is 2.10 bits per heavy atom. The molecule has 2 N–H and O–H groups in total. The molecule has 0 spiro atoms. The fourth-order valence-electron chi connectivity index (χ4n) is 1.90. The van der Waals surface area contributed by atoms with Gasteiger partial charge in [0.15, 0.2) is 0 Å². The van der Waals surface area contributed by atoms with Crippen molar-refractivity contribution in [1.82, 2.24) is 10.6 Å². The van der Waals surface area contributed by atoms with E-state index in [0.29, 0.717) is 19.0 Å². The van der Waals surface area contributed by atoms with Crippen LogP contribution in [-0.2, 0) is 11.3 Å². The number of hydrogen-bond acceptors (Lipinski definition) is 3. The van der Waals surface area contributed by atoms with Gasteiger partial charge in [-0.15, -0.1) is 0 Å². The van der Waals surface area contributed by atoms with E-state index in [9.17, 15) is 4.79 Å². The number of nitrogens with zero attached hydrogens (tertiary/aromatic N) is 1. The van der Waals surface area contributed by atoms with Crippen molar-refractivity contribution in [1.29, 1.82) is 0 Å². The molecule has 0 aliphatic heterocycles. The zero-order chi connectivity index (χ0) is 15.1. The quantitative estimate of drug-likeness (QED) is 0.800. The van der Waals surface area contributed by atoms with Crippen LogP contribution in [-0.4, -0.2) is 32.6 Å². The fraction of sp³-hybridized carbons (Fsp3) is 0.533. The van der Waals surface area contributed by atoms with Crippen LogP contribution in [0.5, 0.6) is 0 Å². The number of nitrogens with one attached hydrogen (secondary N) is 2. The maximum Gasteiger partial charge on any atom is 0.221 e. The lowest BCUT2D eigenvalue weighted by Gasteiger charge is -2.23. The van der Waals surface area contributed by atoms with Gasteiger partial charge in [0.25, 0.3) is 0 Å². The molecular weight excluding hydrogens is 318 g/mol. The number of hydrogen-bond donors (Lipinski definition) is 2. The molecule has 0 atom stereocenters. The van der Waals surface area contributed by atoms with Crippen LogP contribution in [0.3, 0.4) is 0 Å². The van der Waals surface area contributed by atoms with Crippen LogP contribution < -0.4 is 15.5 Å². The van der Waals surface area contributed by atoms with Gasteiger partial charge in [-0.2, -0.15) is 0 Å². The summed E-state index contributed by atoms with van der Waals surface area (Å²) in [4.78, 5) is 13.5. The number of halogens is 1. The Bertz CT molecular complexity index is 449. The van der Waals surface area contributed by atoms with Gasteiger partial charge in [0.1, 0.15) is 0 Å². The van der Waals surface area contributed by atoms with Gasteiger partial charge in [0.2, 0.25) is 5.91 Å². The molecule has 0 saturated heterocycles. The van der Waals surface area contributed by atoms with Gasteiger partial charge < -0.3 is 15.5 Å². The largest absolute Gasteiger partial charge is 0.374 e. The first kappa shape index (κ1) is 17.0. The molecular formula is C15H24BrN3O. The lowest BCUT2D eigenvalue weighted by Crippen LogP contribution is -2.28. The zero-order valence-corrected chi connectivity index (χ0v) is 14.3. The highest BCUT2D eigenvalue weighted by atomic mass is 79.9. The summed E-state index contributed by atoms with van der Waals surface area (Å²) in [5, 5.41) is 6.08. The van der Waals surface area contributed by atoms with E-state index in [4.69, 9.17) is 0 Å². The Morgan fingerprint density at radius 3 is 2.70 bits per heavy atom. The Hall–Kier alpha value is -1.07. The summed E-state index contributed by atoms with van der Waals surface area (Å²) in [5.74, 6) is 0.0656. The molecule has 20 heavy (non-hydrogen) atoms. The Kier molecular flexibility index (Phi) is 7.02. The molecule has 0 unspecified atom stereocenters. The molecule has 0 aliphatic rings. The van der Waals surface area contributed by atoms with Crippen LogP contribution in [0.2, 0.25) is 0 Å². The number of carbonyl (C=O) groups is 1. The van der Waals surface area contributed by atoms with Gasteiger partial charge in [-0.25, -0.2) is 0 Å². The van der Waals surface area contributed by atoms with E-state index in [1.807, 2.05) is 13.1 Å². The van der Waals surface area contributed by atoms with Crippen molar-refractivity contribution in [2.45, 2.75) is 32.9 Å². The summed E-state index contributed by atoms with van der Waals surface area (Å²) in [7, 11) is 3.69. The number of carbonyl (C=O) groups excluding carboxylic acids is 1. The van der Waals surface area contributed by atoms with Gasteiger partial charge in [-0.1, -0.05) is 29.8 Å². The van der Waals surface area contributed by atoms with Gasteiger partial charge in [0.05, 0.1) is 0 Å². The minimum absolute atomic E-state index is 0.0656. The molecule has 0 radical (unpaired) electrons. The third kappa shape index (κ3) is 5.51. The summed E-state index contributed by atoms with van der Waals surface area (Å²) in [6, 6.07) is 6.69. The van der Waals surface area contributed by atoms with Crippen molar-refractivity contribution in [2.75, 3.05) is 25.5 Å². The van der Waals surface area contributed by atoms with E-state index < -0.39 is 0 Å². The maximum absolute atomic E-state index is 11.3. The second-order valence-electron chi connectivity index (χ2n) is 5.15. The summed E-state index contributed by atoms with van der Waals surface area (Å²) >= 11 is 3.52. The molecule has 0 aliphatic carbocycles. The topological polar surface area (TPSA) is 44.4 Å². The molecule has 0 aromatic heterocycles. The maximum atomic E-state index is 11.3. The molecule has 1 aromatic rings. The summed E-state index contributed by atoms with van der Waals surface area (Å²) in [5.41, 5.74) is 2.39. The molecule has 112 valence electrons. The van der Waals surface area contributed by atoms with Crippen molar-refractivity contribution in [2.24, 2.45) is 0 Å². The third-order valence-corrected chi connectivity index (χ3v) is 3.60. The molecule has 0 heterocycles. The normalized spacial score (nSPS) is 10.7. The van der Waals surface area contributed by atoms with Gasteiger partial charge in [-0.05, 0) is 23.8 Å². The summed E-state index contributed by atoms with van der Waals surface area (Å²) in [6.45, 7) is 5.78. The average Bonchev–Trinajstić information content (AvgIpc) is 2.42. The standard InChI is InChI=1S/C15H24BrN3O/c1-11(2)18-10-12-9-13(16)5-6-14(12)19(4)8-7-15(20)17-3/h5-6,9,11,18H,7-8,10H2,1-4H3,(H,17,20). The van der Waals surface area contributed by atoms with Crippen LogP contribution in [0, 0.1) is 0 Å². The van der Waals surface area contributed by atoms with Crippen LogP contribution in [0.4, 0.5) is 5.69 Å². The first-order valence-electron chi connectivity index (χ1n) is 6.87. The minimum Gasteiger partial charge on any atom is -0.374 e. The second kappa shape index (κ2) is 8.27. The highest BCUT2D eigenvalue weighted by Gasteiger charge is 2.10. The molecule has 0 bridgehead atoms. The number of anilines is 1. The van der Waals surface area contributed by atoms with Crippen LogP contribution in [0.25, 0.3) is 0 Å². The van der Waals surface area contributed by atoms with Gasteiger partial charge in [0, 0.05) is 49.8 Å². The highest BCUT2D eigenvalue weighted by Crippen LogP contribution is 2.24. The van der Waals surface area contributed by atoms with E-state index in [2.05, 4.69) is 57.4 Å². The molecule has 5 heteroatoms. The molecule has 1 aromatic carbocycles. The third-order valence-electron chi connectivity index (χ3n) is 3.11. The Morgan fingerprint density at radius 1 is 1.40 bits per heavy atom. The predicted octanol–water partition coefficient (Wildman–Crippen LogP) is 2.52. The Labute approximate surface area is 130 Å². The van der Waals surface area contributed by atoms with Crippen LogP contribution >= 0.6 is 15.9 Å². The first-order valence-corrected chi connectivity index (χ1v) is 7.67. The highest BCUT2D eigenvalue weighted by molar-refractivity contribution is 9.10.